The van der Waals surface area contributed by atoms with Crippen molar-refractivity contribution in [2.45, 2.75) is 18.9 Å². The number of benzene rings is 1. The Morgan fingerprint density at radius 1 is 1.36 bits per heavy atom. The Hall–Kier alpha value is -1.89. The van der Waals surface area contributed by atoms with Crippen molar-refractivity contribution in [1.29, 1.82) is 0 Å². The molecule has 1 aliphatic heterocycles. The lowest BCUT2D eigenvalue weighted by molar-refractivity contribution is -0.120. The van der Waals surface area contributed by atoms with Gasteiger partial charge in [0.2, 0.25) is 5.91 Å². The van der Waals surface area contributed by atoms with Gasteiger partial charge in [0, 0.05) is 37.2 Å². The van der Waals surface area contributed by atoms with E-state index in [-0.39, 0.29) is 30.4 Å². The minimum Gasteiger partial charge on any atom is -0.497 e. The molecule has 0 spiro atoms. The Balaban J connectivity index is 1.63. The fraction of sp³-hybridized carbons (Fsp3) is 0.421. The summed E-state index contributed by atoms with van der Waals surface area (Å²) in [5, 5.41) is 16.9. The summed E-state index contributed by atoms with van der Waals surface area (Å²) >= 11 is 1.67. The molecule has 6 heteroatoms. The summed E-state index contributed by atoms with van der Waals surface area (Å²) in [4.78, 5) is 14.8. The SMILES string of the molecule is COc1ccc(NC(=O)C(C)N2C[C@@H](CO)[C@H](c3ccsc3)C2)cc1. The zero-order chi connectivity index (χ0) is 17.8. The largest absolute Gasteiger partial charge is 0.497 e. The molecule has 2 heterocycles. The van der Waals surface area contributed by atoms with Crippen LogP contribution in [-0.2, 0) is 4.79 Å². The Morgan fingerprint density at radius 3 is 2.72 bits per heavy atom. The van der Waals surface area contributed by atoms with Crippen molar-refractivity contribution >= 4 is 22.9 Å². The van der Waals surface area contributed by atoms with E-state index in [9.17, 15) is 9.90 Å². The first-order chi connectivity index (χ1) is 12.1. The number of hydrogen-bond acceptors (Lipinski definition) is 5. The lowest BCUT2D eigenvalue weighted by atomic mass is 9.92. The predicted molar refractivity (Wildman–Crippen MR) is 100 cm³/mol. The second-order valence-electron chi connectivity index (χ2n) is 6.45. The molecule has 1 aliphatic rings. The lowest BCUT2D eigenvalue weighted by Crippen LogP contribution is -2.41. The molecule has 1 amide bonds. The normalized spacial score (nSPS) is 21.9. The van der Waals surface area contributed by atoms with E-state index >= 15 is 0 Å². The molecule has 2 aromatic rings. The van der Waals surface area contributed by atoms with Gasteiger partial charge in [-0.15, -0.1) is 0 Å². The topological polar surface area (TPSA) is 61.8 Å². The van der Waals surface area contributed by atoms with Crippen molar-refractivity contribution in [2.24, 2.45) is 5.92 Å². The molecule has 1 aromatic heterocycles. The number of anilines is 1. The molecule has 134 valence electrons. The zero-order valence-corrected chi connectivity index (χ0v) is 15.3. The second-order valence-corrected chi connectivity index (χ2v) is 7.23. The van der Waals surface area contributed by atoms with Crippen LogP contribution in [0.4, 0.5) is 5.69 Å². The number of carbonyl (C=O) groups is 1. The van der Waals surface area contributed by atoms with Gasteiger partial charge in [-0.3, -0.25) is 9.69 Å². The first-order valence-electron chi connectivity index (χ1n) is 8.44. The van der Waals surface area contributed by atoms with Gasteiger partial charge in [0.1, 0.15) is 5.75 Å². The molecule has 25 heavy (non-hydrogen) atoms. The molecular weight excluding hydrogens is 336 g/mol. The van der Waals surface area contributed by atoms with E-state index in [0.29, 0.717) is 0 Å². The number of methoxy groups -OCH3 is 1. The van der Waals surface area contributed by atoms with Gasteiger partial charge in [0.05, 0.1) is 13.2 Å². The molecule has 5 nitrogen and oxygen atoms in total. The Morgan fingerprint density at radius 2 is 2.12 bits per heavy atom. The van der Waals surface area contributed by atoms with E-state index in [2.05, 4.69) is 27.0 Å². The van der Waals surface area contributed by atoms with Gasteiger partial charge in [0.15, 0.2) is 0 Å². The summed E-state index contributed by atoms with van der Waals surface area (Å²) in [5.74, 6) is 1.18. The van der Waals surface area contributed by atoms with E-state index in [1.54, 1.807) is 18.4 Å². The van der Waals surface area contributed by atoms with E-state index in [1.807, 2.05) is 31.2 Å². The van der Waals surface area contributed by atoms with Crippen LogP contribution >= 0.6 is 11.3 Å². The highest BCUT2D eigenvalue weighted by Gasteiger charge is 2.37. The van der Waals surface area contributed by atoms with Crippen LogP contribution in [0.5, 0.6) is 5.75 Å². The zero-order valence-electron chi connectivity index (χ0n) is 14.5. The van der Waals surface area contributed by atoms with Gasteiger partial charge < -0.3 is 15.2 Å². The summed E-state index contributed by atoms with van der Waals surface area (Å²) in [6.07, 6.45) is 0. The highest BCUT2D eigenvalue weighted by Crippen LogP contribution is 2.34. The summed E-state index contributed by atoms with van der Waals surface area (Å²) < 4.78 is 5.13. The second kappa shape index (κ2) is 7.99. The smallest absolute Gasteiger partial charge is 0.241 e. The van der Waals surface area contributed by atoms with Gasteiger partial charge in [-0.05, 0) is 53.6 Å². The maximum Gasteiger partial charge on any atom is 0.241 e. The lowest BCUT2D eigenvalue weighted by Gasteiger charge is -2.23. The van der Waals surface area contributed by atoms with Gasteiger partial charge in [-0.1, -0.05) is 0 Å². The van der Waals surface area contributed by atoms with Crippen LogP contribution in [0.15, 0.2) is 41.1 Å². The van der Waals surface area contributed by atoms with Crippen molar-refractivity contribution in [3.05, 3.63) is 46.7 Å². The third-order valence-electron chi connectivity index (χ3n) is 4.96. The summed E-state index contributed by atoms with van der Waals surface area (Å²) in [5.41, 5.74) is 2.01. The van der Waals surface area contributed by atoms with Gasteiger partial charge in [-0.2, -0.15) is 11.3 Å². The van der Waals surface area contributed by atoms with Crippen molar-refractivity contribution in [3.63, 3.8) is 0 Å². The number of aliphatic hydroxyl groups is 1. The molecule has 2 N–H and O–H groups in total. The van der Waals surface area contributed by atoms with Crippen LogP contribution in [0, 0.1) is 5.92 Å². The standard InChI is InChI=1S/C19H24N2O3S/c1-13(19(23)20-16-3-5-17(24-2)6-4-16)21-9-15(11-22)18(10-21)14-7-8-25-12-14/h3-8,12-13,15,18,22H,9-11H2,1-2H3,(H,20,23)/t13?,15-,18-/m0/s1. The maximum atomic E-state index is 12.6. The fourth-order valence-electron chi connectivity index (χ4n) is 3.36. The number of likely N-dealkylation sites (tertiary alicyclic amines) is 1. The average molecular weight is 360 g/mol. The number of hydrogen-bond donors (Lipinski definition) is 2. The molecule has 1 aromatic carbocycles. The first kappa shape index (κ1) is 17.9. The summed E-state index contributed by atoms with van der Waals surface area (Å²) in [6.45, 7) is 3.58. The molecule has 0 bridgehead atoms. The molecule has 1 unspecified atom stereocenters. The average Bonchev–Trinajstić information content (AvgIpc) is 3.30. The van der Waals surface area contributed by atoms with Crippen molar-refractivity contribution in [1.82, 2.24) is 4.90 Å². The number of thiophene rings is 1. The van der Waals surface area contributed by atoms with E-state index in [4.69, 9.17) is 4.74 Å². The molecule has 1 fully saturated rings. The molecule has 0 radical (unpaired) electrons. The molecule has 0 aliphatic carbocycles. The van der Waals surface area contributed by atoms with Gasteiger partial charge in [-0.25, -0.2) is 0 Å². The molecule has 3 rings (SSSR count). The third-order valence-corrected chi connectivity index (χ3v) is 5.66. The fourth-order valence-corrected chi connectivity index (χ4v) is 4.08. The molecule has 0 saturated carbocycles. The van der Waals surface area contributed by atoms with Crippen LogP contribution in [-0.4, -0.2) is 48.8 Å². The molecule has 3 atom stereocenters. The van der Waals surface area contributed by atoms with Crippen LogP contribution in [0.1, 0.15) is 18.4 Å². The van der Waals surface area contributed by atoms with Crippen LogP contribution in [0.3, 0.4) is 0 Å². The van der Waals surface area contributed by atoms with Gasteiger partial charge in [0.25, 0.3) is 0 Å². The van der Waals surface area contributed by atoms with Crippen LogP contribution in [0.25, 0.3) is 0 Å². The minimum atomic E-state index is -0.250. The van der Waals surface area contributed by atoms with E-state index < -0.39 is 0 Å². The Kier molecular flexibility index (Phi) is 5.73. The van der Waals surface area contributed by atoms with Crippen molar-refractivity contribution in [2.75, 3.05) is 32.1 Å². The number of amides is 1. The number of nitrogens with one attached hydrogen (secondary N) is 1. The summed E-state index contributed by atoms with van der Waals surface area (Å²) in [7, 11) is 1.62. The van der Waals surface area contributed by atoms with Crippen LogP contribution < -0.4 is 10.1 Å². The Labute approximate surface area is 152 Å². The highest BCUT2D eigenvalue weighted by molar-refractivity contribution is 7.08. The quantitative estimate of drug-likeness (QED) is 0.832. The van der Waals surface area contributed by atoms with E-state index in [1.165, 1.54) is 5.56 Å². The number of ether oxygens (including phenoxy) is 1. The van der Waals surface area contributed by atoms with Gasteiger partial charge >= 0.3 is 0 Å². The van der Waals surface area contributed by atoms with Crippen LogP contribution in [0.2, 0.25) is 0 Å². The van der Waals surface area contributed by atoms with Crippen molar-refractivity contribution in [3.8, 4) is 5.75 Å². The number of rotatable bonds is 6. The number of aliphatic hydroxyl groups excluding tert-OH is 1. The number of nitrogens with zero attached hydrogens (tertiary/aromatic N) is 1. The first-order valence-corrected chi connectivity index (χ1v) is 9.38. The third kappa shape index (κ3) is 4.03. The minimum absolute atomic E-state index is 0.0344. The number of carbonyl (C=O) groups excluding carboxylic acids is 1. The molecular formula is C19H24N2O3S. The predicted octanol–water partition coefficient (Wildman–Crippen LogP) is 2.79. The van der Waals surface area contributed by atoms with Crippen molar-refractivity contribution < 1.29 is 14.6 Å². The highest BCUT2D eigenvalue weighted by atomic mass is 32.1. The molecule has 1 saturated heterocycles. The Bertz CT molecular complexity index is 687. The van der Waals surface area contributed by atoms with E-state index in [0.717, 1.165) is 24.5 Å². The monoisotopic (exact) mass is 360 g/mol. The summed E-state index contributed by atoms with van der Waals surface area (Å²) in [6, 6.07) is 9.18. The maximum absolute atomic E-state index is 12.6.